The molecule has 0 aliphatic rings. The lowest BCUT2D eigenvalue weighted by Gasteiger charge is -2.03. The Morgan fingerprint density at radius 1 is 1.47 bits per heavy atom. The topological polar surface area (TPSA) is 72.1 Å². The molecule has 0 saturated carbocycles. The van der Waals surface area contributed by atoms with Gasteiger partial charge in [0.15, 0.2) is 0 Å². The predicted molar refractivity (Wildman–Crippen MR) is 63.1 cm³/mol. The van der Waals surface area contributed by atoms with Crippen LogP contribution in [0.4, 0.5) is 0 Å². The second kappa shape index (κ2) is 4.37. The number of benzene rings is 1. The van der Waals surface area contributed by atoms with E-state index in [9.17, 15) is 9.59 Å². The summed E-state index contributed by atoms with van der Waals surface area (Å²) in [5, 5.41) is 0. The van der Waals surface area contributed by atoms with Crippen LogP contribution in [0, 0.1) is 6.92 Å². The zero-order valence-electron chi connectivity index (χ0n) is 9.61. The quantitative estimate of drug-likeness (QED) is 0.794. The third kappa shape index (κ3) is 2.18. The number of H-pyrrole nitrogens is 1. The van der Waals surface area contributed by atoms with Crippen molar-refractivity contribution < 1.29 is 9.53 Å². The van der Waals surface area contributed by atoms with Gasteiger partial charge in [0, 0.05) is 0 Å². The van der Waals surface area contributed by atoms with E-state index < -0.39 is 0 Å². The van der Waals surface area contributed by atoms with Gasteiger partial charge in [-0.25, -0.2) is 9.78 Å². The van der Waals surface area contributed by atoms with Crippen molar-refractivity contribution in [2.24, 2.45) is 0 Å². The van der Waals surface area contributed by atoms with Crippen LogP contribution in [0.15, 0.2) is 23.0 Å². The molecule has 0 bridgehead atoms. The first-order valence-corrected chi connectivity index (χ1v) is 5.29. The van der Waals surface area contributed by atoms with Gasteiger partial charge >= 0.3 is 5.97 Å². The van der Waals surface area contributed by atoms with E-state index in [0.717, 1.165) is 0 Å². The molecule has 0 aliphatic carbocycles. The second-order valence-corrected chi connectivity index (χ2v) is 3.60. The van der Waals surface area contributed by atoms with E-state index in [2.05, 4.69) is 9.97 Å². The van der Waals surface area contributed by atoms with Gasteiger partial charge in [0.2, 0.25) is 0 Å². The molecule has 1 aromatic heterocycles. The minimum Gasteiger partial charge on any atom is -0.462 e. The number of carbonyl (C=O) groups excluding carboxylic acids is 1. The van der Waals surface area contributed by atoms with Crippen molar-refractivity contribution in [2.75, 3.05) is 6.61 Å². The molecule has 0 spiro atoms. The van der Waals surface area contributed by atoms with Gasteiger partial charge in [-0.3, -0.25) is 4.79 Å². The molecule has 2 rings (SSSR count). The highest BCUT2D eigenvalue weighted by atomic mass is 16.5. The maximum absolute atomic E-state index is 11.5. The Morgan fingerprint density at radius 2 is 2.24 bits per heavy atom. The number of fused-ring (bicyclic) bond motifs is 1. The number of nitrogens with one attached hydrogen (secondary N) is 1. The number of carbonyl (C=O) groups is 1. The zero-order valence-corrected chi connectivity index (χ0v) is 9.61. The Labute approximate surface area is 97.4 Å². The molecule has 0 atom stereocenters. The molecule has 17 heavy (non-hydrogen) atoms. The normalized spacial score (nSPS) is 10.5. The van der Waals surface area contributed by atoms with E-state index in [0.29, 0.717) is 28.9 Å². The Hall–Kier alpha value is -2.17. The van der Waals surface area contributed by atoms with Crippen molar-refractivity contribution in [3.63, 3.8) is 0 Å². The Balaban J connectivity index is 2.54. The van der Waals surface area contributed by atoms with E-state index in [4.69, 9.17) is 4.74 Å². The summed E-state index contributed by atoms with van der Waals surface area (Å²) in [6.45, 7) is 3.70. The number of esters is 1. The highest BCUT2D eigenvalue weighted by molar-refractivity contribution is 5.93. The van der Waals surface area contributed by atoms with Gasteiger partial charge in [-0.15, -0.1) is 0 Å². The van der Waals surface area contributed by atoms with Crippen molar-refractivity contribution in [1.82, 2.24) is 9.97 Å². The largest absolute Gasteiger partial charge is 0.462 e. The Morgan fingerprint density at radius 3 is 2.94 bits per heavy atom. The highest BCUT2D eigenvalue weighted by Gasteiger charge is 2.08. The van der Waals surface area contributed by atoms with Gasteiger partial charge in [-0.1, -0.05) is 0 Å². The number of nitrogens with zero attached hydrogens (tertiary/aromatic N) is 1. The summed E-state index contributed by atoms with van der Waals surface area (Å²) < 4.78 is 4.89. The molecular formula is C12H12N2O3. The van der Waals surface area contributed by atoms with Crippen LogP contribution in [0.3, 0.4) is 0 Å². The number of rotatable bonds is 2. The fraction of sp³-hybridized carbons (Fsp3) is 0.250. The van der Waals surface area contributed by atoms with Crippen LogP contribution in [-0.4, -0.2) is 22.5 Å². The summed E-state index contributed by atoms with van der Waals surface area (Å²) in [5.41, 5.74) is 1.76. The lowest BCUT2D eigenvalue weighted by atomic mass is 10.2. The fourth-order valence-corrected chi connectivity index (χ4v) is 1.52. The monoisotopic (exact) mass is 232 g/mol. The maximum Gasteiger partial charge on any atom is 0.338 e. The maximum atomic E-state index is 11.5. The van der Waals surface area contributed by atoms with Gasteiger partial charge < -0.3 is 9.72 Å². The highest BCUT2D eigenvalue weighted by Crippen LogP contribution is 2.11. The number of aromatic amines is 1. The third-order valence-electron chi connectivity index (χ3n) is 2.37. The van der Waals surface area contributed by atoms with Crippen LogP contribution in [-0.2, 0) is 4.74 Å². The second-order valence-electron chi connectivity index (χ2n) is 3.60. The van der Waals surface area contributed by atoms with Crippen LogP contribution in [0.25, 0.3) is 11.0 Å². The van der Waals surface area contributed by atoms with Crippen LogP contribution >= 0.6 is 0 Å². The lowest BCUT2D eigenvalue weighted by Crippen LogP contribution is -2.12. The SMILES string of the molecule is CCOC(=O)c1ccc2[nH]c(=O)c(C)nc2c1. The minimum absolute atomic E-state index is 0.221. The molecule has 88 valence electrons. The first kappa shape index (κ1) is 11.3. The molecule has 2 aromatic rings. The number of hydrogen-bond acceptors (Lipinski definition) is 4. The summed E-state index contributed by atoms with van der Waals surface area (Å²) in [7, 11) is 0. The predicted octanol–water partition coefficient (Wildman–Crippen LogP) is 1.41. The van der Waals surface area contributed by atoms with E-state index in [1.807, 2.05) is 0 Å². The standard InChI is InChI=1S/C12H12N2O3/c1-3-17-12(16)8-4-5-9-10(6-8)13-7(2)11(15)14-9/h4-6H,3H2,1-2H3,(H,14,15). The average Bonchev–Trinajstić information content (AvgIpc) is 2.30. The molecule has 0 radical (unpaired) electrons. The molecule has 5 heteroatoms. The first-order valence-electron chi connectivity index (χ1n) is 5.29. The van der Waals surface area contributed by atoms with E-state index in [1.54, 1.807) is 32.0 Å². The summed E-state index contributed by atoms with van der Waals surface area (Å²) in [4.78, 5) is 29.7. The van der Waals surface area contributed by atoms with Crippen LogP contribution in [0.5, 0.6) is 0 Å². The number of hydrogen-bond donors (Lipinski definition) is 1. The Kier molecular flexibility index (Phi) is 2.91. The van der Waals surface area contributed by atoms with Crippen LogP contribution < -0.4 is 5.56 Å². The summed E-state index contributed by atoms with van der Waals surface area (Å²) in [6.07, 6.45) is 0. The number of aromatic nitrogens is 2. The van der Waals surface area contributed by atoms with Crippen LogP contribution in [0.1, 0.15) is 23.0 Å². The average molecular weight is 232 g/mol. The van der Waals surface area contributed by atoms with Crippen LogP contribution in [0.2, 0.25) is 0 Å². The smallest absolute Gasteiger partial charge is 0.338 e. The molecular weight excluding hydrogens is 220 g/mol. The lowest BCUT2D eigenvalue weighted by molar-refractivity contribution is 0.0526. The molecule has 1 heterocycles. The van der Waals surface area contributed by atoms with E-state index >= 15 is 0 Å². The summed E-state index contributed by atoms with van der Waals surface area (Å²) in [5.74, 6) is -0.389. The summed E-state index contributed by atoms with van der Waals surface area (Å²) in [6, 6.07) is 4.86. The van der Waals surface area contributed by atoms with Gasteiger partial charge in [-0.05, 0) is 32.0 Å². The molecule has 0 unspecified atom stereocenters. The molecule has 0 amide bonds. The van der Waals surface area contributed by atoms with Crippen molar-refractivity contribution in [3.8, 4) is 0 Å². The van der Waals surface area contributed by atoms with Gasteiger partial charge in [0.1, 0.15) is 5.69 Å². The summed E-state index contributed by atoms with van der Waals surface area (Å²) >= 11 is 0. The number of ether oxygens (including phenoxy) is 1. The molecule has 1 N–H and O–H groups in total. The van der Waals surface area contributed by atoms with Gasteiger partial charge in [0.25, 0.3) is 5.56 Å². The third-order valence-corrected chi connectivity index (χ3v) is 2.37. The molecule has 0 fully saturated rings. The molecule has 0 aliphatic heterocycles. The number of aryl methyl sites for hydroxylation is 1. The zero-order chi connectivity index (χ0) is 12.4. The van der Waals surface area contributed by atoms with Crippen molar-refractivity contribution in [3.05, 3.63) is 39.8 Å². The van der Waals surface area contributed by atoms with Crippen molar-refractivity contribution in [1.29, 1.82) is 0 Å². The fourth-order valence-electron chi connectivity index (χ4n) is 1.52. The van der Waals surface area contributed by atoms with Gasteiger partial charge in [0.05, 0.1) is 23.2 Å². The van der Waals surface area contributed by atoms with Crippen molar-refractivity contribution in [2.45, 2.75) is 13.8 Å². The minimum atomic E-state index is -0.389. The molecule has 1 aromatic carbocycles. The van der Waals surface area contributed by atoms with Crippen molar-refractivity contribution >= 4 is 17.0 Å². The van der Waals surface area contributed by atoms with Gasteiger partial charge in [-0.2, -0.15) is 0 Å². The first-order chi connectivity index (χ1) is 8.11. The Bertz CT molecular complexity index is 631. The molecule has 0 saturated heterocycles. The molecule has 5 nitrogen and oxygen atoms in total. The van der Waals surface area contributed by atoms with E-state index in [1.165, 1.54) is 0 Å². The van der Waals surface area contributed by atoms with E-state index in [-0.39, 0.29) is 11.5 Å².